The first-order valence-corrected chi connectivity index (χ1v) is 7.80. The van der Waals surface area contributed by atoms with Crippen LogP contribution in [0.15, 0.2) is 39.3 Å². The predicted octanol–water partition coefficient (Wildman–Crippen LogP) is 3.55. The first kappa shape index (κ1) is 15.3. The molecule has 0 atom stereocenters. The number of nitrogens with two attached hydrogens (primary N) is 1. The first-order chi connectivity index (χ1) is 9.60. The Labute approximate surface area is 134 Å². The van der Waals surface area contributed by atoms with Crippen molar-refractivity contribution in [2.45, 2.75) is 13.1 Å². The fraction of sp³-hybridized carbons (Fsp3) is 0.154. The number of hydrogen-bond donors (Lipinski definition) is 3. The molecular weight excluding hydrogens is 362 g/mol. The van der Waals surface area contributed by atoms with Crippen LogP contribution in [0.4, 0.5) is 0 Å². The summed E-state index contributed by atoms with van der Waals surface area (Å²) >= 11 is 11.3. The van der Waals surface area contributed by atoms with Gasteiger partial charge in [-0.3, -0.25) is 0 Å². The molecule has 2 aromatic rings. The van der Waals surface area contributed by atoms with E-state index in [-0.39, 0.29) is 5.84 Å². The molecule has 0 amide bonds. The summed E-state index contributed by atoms with van der Waals surface area (Å²) in [6.07, 6.45) is 0. The van der Waals surface area contributed by atoms with Crippen LogP contribution in [0.5, 0.6) is 0 Å². The molecule has 0 aliphatic heterocycles. The van der Waals surface area contributed by atoms with Gasteiger partial charge in [0.1, 0.15) is 0 Å². The molecule has 0 fully saturated rings. The molecule has 0 aliphatic carbocycles. The Bertz CT molecular complexity index is 630. The van der Waals surface area contributed by atoms with Gasteiger partial charge in [0, 0.05) is 28.6 Å². The smallest absolute Gasteiger partial charge is 0.170 e. The van der Waals surface area contributed by atoms with Crippen LogP contribution < -0.4 is 11.1 Å². The topological polar surface area (TPSA) is 70.6 Å². The Hall–Kier alpha value is -1.08. The van der Waals surface area contributed by atoms with Crippen molar-refractivity contribution in [2.24, 2.45) is 10.9 Å². The molecule has 2 rings (SSSR count). The number of hydrogen-bond acceptors (Lipinski definition) is 4. The van der Waals surface area contributed by atoms with Crippen molar-refractivity contribution < 1.29 is 5.21 Å². The van der Waals surface area contributed by atoms with Gasteiger partial charge in [0.05, 0.1) is 3.79 Å². The van der Waals surface area contributed by atoms with Crippen LogP contribution in [0.1, 0.15) is 16.0 Å². The highest BCUT2D eigenvalue weighted by Gasteiger charge is 2.05. The van der Waals surface area contributed by atoms with Gasteiger partial charge in [-0.05, 0) is 39.7 Å². The Morgan fingerprint density at radius 3 is 2.75 bits per heavy atom. The molecule has 20 heavy (non-hydrogen) atoms. The van der Waals surface area contributed by atoms with E-state index in [0.29, 0.717) is 17.1 Å². The number of oxime groups is 1. The third-order valence-corrected chi connectivity index (χ3v) is 4.68. The van der Waals surface area contributed by atoms with Crippen LogP contribution in [0.25, 0.3) is 0 Å². The average molecular weight is 375 g/mol. The molecule has 1 aromatic carbocycles. The average Bonchev–Trinajstić information content (AvgIpc) is 2.85. The number of amidine groups is 1. The van der Waals surface area contributed by atoms with E-state index in [1.165, 1.54) is 4.88 Å². The lowest BCUT2D eigenvalue weighted by Gasteiger charge is -2.07. The molecule has 0 saturated carbocycles. The van der Waals surface area contributed by atoms with Crippen LogP contribution in [0.3, 0.4) is 0 Å². The minimum atomic E-state index is 0.0508. The van der Waals surface area contributed by atoms with Gasteiger partial charge in [0.15, 0.2) is 5.84 Å². The Balaban J connectivity index is 1.96. The summed E-state index contributed by atoms with van der Waals surface area (Å²) in [4.78, 5) is 1.25. The second-order valence-electron chi connectivity index (χ2n) is 4.10. The third kappa shape index (κ3) is 3.96. The number of benzene rings is 1. The molecule has 4 N–H and O–H groups in total. The molecule has 106 valence electrons. The Kier molecular flexibility index (Phi) is 5.42. The highest BCUT2D eigenvalue weighted by atomic mass is 79.9. The van der Waals surface area contributed by atoms with E-state index in [4.69, 9.17) is 22.5 Å². The van der Waals surface area contributed by atoms with Crippen LogP contribution >= 0.6 is 38.9 Å². The molecular formula is C13H13BrClN3OS. The van der Waals surface area contributed by atoms with Crippen molar-refractivity contribution in [2.75, 3.05) is 0 Å². The van der Waals surface area contributed by atoms with Crippen molar-refractivity contribution in [1.29, 1.82) is 0 Å². The van der Waals surface area contributed by atoms with Crippen LogP contribution in [0, 0.1) is 0 Å². The molecule has 1 heterocycles. The number of nitrogens with zero attached hydrogens (tertiary/aromatic N) is 1. The zero-order valence-electron chi connectivity index (χ0n) is 10.4. The van der Waals surface area contributed by atoms with E-state index in [0.717, 1.165) is 15.9 Å². The maximum absolute atomic E-state index is 8.62. The van der Waals surface area contributed by atoms with E-state index in [1.807, 2.05) is 12.1 Å². The fourth-order valence-corrected chi connectivity index (χ4v) is 3.37. The summed E-state index contributed by atoms with van der Waals surface area (Å²) < 4.78 is 1.12. The lowest BCUT2D eigenvalue weighted by Crippen LogP contribution is -2.15. The molecule has 1 aromatic heterocycles. The first-order valence-electron chi connectivity index (χ1n) is 5.81. The summed E-state index contributed by atoms with van der Waals surface area (Å²) in [6.45, 7) is 1.44. The SMILES string of the molecule is N/C(=N/O)c1ccc(CNCc2ccc(Br)s2)c(Cl)c1. The summed E-state index contributed by atoms with van der Waals surface area (Å²) in [5.74, 6) is 0.0508. The monoisotopic (exact) mass is 373 g/mol. The summed E-state index contributed by atoms with van der Waals surface area (Å²) in [5, 5.41) is 15.5. The van der Waals surface area contributed by atoms with Gasteiger partial charge in [-0.15, -0.1) is 11.3 Å². The number of thiophene rings is 1. The minimum absolute atomic E-state index is 0.0508. The minimum Gasteiger partial charge on any atom is -0.409 e. The number of halogens is 2. The number of rotatable bonds is 5. The van der Waals surface area contributed by atoms with Gasteiger partial charge >= 0.3 is 0 Å². The van der Waals surface area contributed by atoms with Gasteiger partial charge < -0.3 is 16.3 Å². The van der Waals surface area contributed by atoms with E-state index in [1.54, 1.807) is 23.5 Å². The summed E-state index contributed by atoms with van der Waals surface area (Å²) in [6, 6.07) is 9.44. The van der Waals surface area contributed by atoms with Gasteiger partial charge in [-0.2, -0.15) is 0 Å². The van der Waals surface area contributed by atoms with Crippen molar-refractivity contribution in [3.05, 3.63) is 55.1 Å². The molecule has 0 spiro atoms. The molecule has 0 saturated heterocycles. The molecule has 4 nitrogen and oxygen atoms in total. The quantitative estimate of drug-likeness (QED) is 0.324. The predicted molar refractivity (Wildman–Crippen MR) is 86.5 cm³/mol. The van der Waals surface area contributed by atoms with E-state index in [2.05, 4.69) is 32.5 Å². The largest absolute Gasteiger partial charge is 0.409 e. The van der Waals surface area contributed by atoms with E-state index in [9.17, 15) is 0 Å². The van der Waals surface area contributed by atoms with Crippen LogP contribution in [-0.2, 0) is 13.1 Å². The molecule has 0 bridgehead atoms. The van der Waals surface area contributed by atoms with Gasteiger partial charge in [0.25, 0.3) is 0 Å². The highest BCUT2D eigenvalue weighted by molar-refractivity contribution is 9.11. The lowest BCUT2D eigenvalue weighted by molar-refractivity contribution is 0.318. The van der Waals surface area contributed by atoms with Crippen molar-refractivity contribution in [3.8, 4) is 0 Å². The second-order valence-corrected chi connectivity index (χ2v) is 7.06. The number of nitrogens with one attached hydrogen (secondary N) is 1. The zero-order valence-corrected chi connectivity index (χ0v) is 13.6. The molecule has 0 aliphatic rings. The Morgan fingerprint density at radius 2 is 2.15 bits per heavy atom. The van der Waals surface area contributed by atoms with Crippen LogP contribution in [-0.4, -0.2) is 11.0 Å². The maximum atomic E-state index is 8.62. The molecule has 0 unspecified atom stereocenters. The van der Waals surface area contributed by atoms with Crippen LogP contribution in [0.2, 0.25) is 5.02 Å². The fourth-order valence-electron chi connectivity index (χ4n) is 1.67. The maximum Gasteiger partial charge on any atom is 0.170 e. The third-order valence-electron chi connectivity index (χ3n) is 2.70. The summed E-state index contributed by atoms with van der Waals surface area (Å²) in [7, 11) is 0. The molecule has 7 heteroatoms. The highest BCUT2D eigenvalue weighted by Crippen LogP contribution is 2.22. The van der Waals surface area contributed by atoms with Crippen molar-refractivity contribution in [1.82, 2.24) is 5.32 Å². The standard InChI is InChI=1S/C13H13BrClN3OS/c14-12-4-3-10(20-12)7-17-6-9-2-1-8(5-11(9)15)13(16)18-19/h1-5,17,19H,6-7H2,(H2,16,18). The Morgan fingerprint density at radius 1 is 1.35 bits per heavy atom. The van der Waals surface area contributed by atoms with Crippen molar-refractivity contribution >= 4 is 44.7 Å². The normalized spacial score (nSPS) is 11.8. The van der Waals surface area contributed by atoms with Crippen molar-refractivity contribution in [3.63, 3.8) is 0 Å². The zero-order chi connectivity index (χ0) is 14.5. The van der Waals surface area contributed by atoms with E-state index < -0.39 is 0 Å². The van der Waals surface area contributed by atoms with E-state index >= 15 is 0 Å². The second kappa shape index (κ2) is 7.08. The lowest BCUT2D eigenvalue weighted by atomic mass is 10.1. The molecule has 0 radical (unpaired) electrons. The summed E-state index contributed by atoms with van der Waals surface area (Å²) in [5.41, 5.74) is 7.08. The van der Waals surface area contributed by atoms with Gasteiger partial charge in [-0.25, -0.2) is 0 Å². The van der Waals surface area contributed by atoms with Gasteiger partial charge in [-0.1, -0.05) is 28.9 Å². The van der Waals surface area contributed by atoms with Gasteiger partial charge in [0.2, 0.25) is 0 Å².